The Bertz CT molecular complexity index is 856. The van der Waals surface area contributed by atoms with Crippen molar-refractivity contribution in [2.24, 2.45) is 11.8 Å². The predicted molar refractivity (Wildman–Crippen MR) is 127 cm³/mol. The Morgan fingerprint density at radius 3 is 2.39 bits per heavy atom. The van der Waals surface area contributed by atoms with Gasteiger partial charge in [-0.05, 0) is 54.7 Å². The maximum atomic E-state index is 10.8. The number of thiocarbonyl (C=S) groups is 1. The zero-order valence-corrected chi connectivity index (χ0v) is 18.8. The second-order valence-corrected chi connectivity index (χ2v) is 8.09. The maximum Gasteiger partial charge on any atom is 0.269 e. The molecule has 0 aliphatic carbocycles. The summed E-state index contributed by atoms with van der Waals surface area (Å²) in [4.78, 5) is 10.4. The van der Waals surface area contributed by atoms with Crippen LogP contribution in [0.25, 0.3) is 0 Å². The Morgan fingerprint density at radius 1 is 1.19 bits per heavy atom. The van der Waals surface area contributed by atoms with Gasteiger partial charge in [-0.2, -0.15) is 0 Å². The molecular formula is C24H30N2O4S. The lowest BCUT2D eigenvalue weighted by atomic mass is 9.83. The molecule has 0 aliphatic heterocycles. The van der Waals surface area contributed by atoms with Crippen LogP contribution >= 0.6 is 12.2 Å². The highest BCUT2D eigenvalue weighted by molar-refractivity contribution is 7.80. The average Bonchev–Trinajstić information content (AvgIpc) is 2.75. The molecule has 0 saturated heterocycles. The van der Waals surface area contributed by atoms with Crippen molar-refractivity contribution in [3.8, 4) is 0 Å². The van der Waals surface area contributed by atoms with E-state index in [2.05, 4.69) is 31.0 Å². The summed E-state index contributed by atoms with van der Waals surface area (Å²) in [7, 11) is 0. The number of aliphatic hydroxyl groups is 1. The third-order valence-corrected chi connectivity index (χ3v) is 5.61. The van der Waals surface area contributed by atoms with E-state index in [0.717, 1.165) is 12.0 Å². The third kappa shape index (κ3) is 7.54. The monoisotopic (exact) mass is 442 g/mol. The van der Waals surface area contributed by atoms with Crippen LogP contribution in [0.4, 0.5) is 5.69 Å². The Labute approximate surface area is 189 Å². The van der Waals surface area contributed by atoms with Gasteiger partial charge in [0.15, 0.2) is 5.05 Å². The molecule has 4 atom stereocenters. The normalized spacial score (nSPS) is 14.8. The highest BCUT2D eigenvalue weighted by Gasteiger charge is 2.34. The summed E-state index contributed by atoms with van der Waals surface area (Å²) in [5.74, 6) is -0.241. The Kier molecular flexibility index (Phi) is 9.78. The van der Waals surface area contributed by atoms with Gasteiger partial charge in [0.25, 0.3) is 5.69 Å². The number of benzene rings is 2. The van der Waals surface area contributed by atoms with Gasteiger partial charge in [-0.15, -0.1) is 6.58 Å². The van der Waals surface area contributed by atoms with Crippen LogP contribution in [0.1, 0.15) is 25.0 Å². The van der Waals surface area contributed by atoms with Crippen molar-refractivity contribution in [3.05, 3.63) is 88.5 Å². The van der Waals surface area contributed by atoms with Crippen molar-refractivity contribution in [1.29, 1.82) is 0 Å². The van der Waals surface area contributed by atoms with Crippen molar-refractivity contribution in [2.45, 2.75) is 39.0 Å². The highest BCUT2D eigenvalue weighted by Crippen LogP contribution is 2.24. The molecular weight excluding hydrogens is 412 g/mol. The predicted octanol–water partition coefficient (Wildman–Crippen LogP) is 4.46. The maximum absolute atomic E-state index is 10.8. The molecule has 0 bridgehead atoms. The minimum Gasteiger partial charge on any atom is -0.482 e. The summed E-state index contributed by atoms with van der Waals surface area (Å²) in [6.45, 7) is 8.39. The number of nitrogens with zero attached hydrogens (tertiary/aromatic N) is 1. The lowest BCUT2D eigenvalue weighted by Gasteiger charge is -2.34. The lowest BCUT2D eigenvalue weighted by molar-refractivity contribution is -0.384. The van der Waals surface area contributed by atoms with Gasteiger partial charge in [0.1, 0.15) is 6.61 Å². The smallest absolute Gasteiger partial charge is 0.269 e. The molecule has 0 radical (unpaired) electrons. The minimum absolute atomic E-state index is 0.0246. The molecule has 0 aliphatic rings. The summed E-state index contributed by atoms with van der Waals surface area (Å²) >= 11 is 5.57. The molecule has 2 rings (SSSR count). The number of nitrogens with one attached hydrogen (secondary N) is 1. The van der Waals surface area contributed by atoms with Gasteiger partial charge in [-0.1, -0.05) is 43.3 Å². The molecule has 0 amide bonds. The largest absolute Gasteiger partial charge is 0.482 e. The molecule has 0 saturated carbocycles. The summed E-state index contributed by atoms with van der Waals surface area (Å²) < 4.78 is 5.85. The molecule has 31 heavy (non-hydrogen) atoms. The molecule has 166 valence electrons. The van der Waals surface area contributed by atoms with Crippen LogP contribution in [0.3, 0.4) is 0 Å². The molecule has 0 aromatic heterocycles. The number of hydrogen-bond donors (Lipinski definition) is 2. The van der Waals surface area contributed by atoms with Gasteiger partial charge >= 0.3 is 0 Å². The standard InChI is InChI=1S/C24H30N2O4S/c1-4-14-25-23(17(2)15-19-8-6-5-7-9-19)22(18(3)27)24(31)30-16-20-10-12-21(13-11-20)26(28)29/h4-13,17-18,22-23,25,27H,1,14-16H2,2-3H3. The van der Waals surface area contributed by atoms with Crippen LogP contribution in [-0.4, -0.2) is 33.8 Å². The van der Waals surface area contributed by atoms with Crippen molar-refractivity contribution >= 4 is 23.0 Å². The summed E-state index contributed by atoms with van der Waals surface area (Å²) in [5, 5.41) is 25.1. The Morgan fingerprint density at radius 2 is 1.84 bits per heavy atom. The number of non-ortho nitro benzene ring substituents is 1. The van der Waals surface area contributed by atoms with Crippen LogP contribution in [0, 0.1) is 22.0 Å². The fourth-order valence-electron chi connectivity index (χ4n) is 3.62. The summed E-state index contributed by atoms with van der Waals surface area (Å²) in [6.07, 6.45) is 1.89. The fraction of sp³-hybridized carbons (Fsp3) is 0.375. The van der Waals surface area contributed by atoms with Crippen LogP contribution in [0.5, 0.6) is 0 Å². The molecule has 2 aromatic rings. The summed E-state index contributed by atoms with van der Waals surface area (Å²) in [5.41, 5.74) is 2.00. The van der Waals surface area contributed by atoms with Gasteiger partial charge in [0.05, 0.1) is 16.9 Å². The molecule has 0 fully saturated rings. The molecule has 2 N–H and O–H groups in total. The van der Waals surface area contributed by atoms with E-state index in [1.807, 2.05) is 18.2 Å². The third-order valence-electron chi connectivity index (χ3n) is 5.22. The Balaban J connectivity index is 2.12. The SMILES string of the molecule is C=CCNC(C(C)Cc1ccccc1)C(C(=S)OCc1ccc([N+](=O)[O-])cc1)C(C)O. The van der Waals surface area contributed by atoms with Crippen molar-refractivity contribution in [2.75, 3.05) is 6.54 Å². The first-order chi connectivity index (χ1) is 14.8. The zero-order valence-electron chi connectivity index (χ0n) is 17.9. The second-order valence-electron chi connectivity index (χ2n) is 7.69. The van der Waals surface area contributed by atoms with E-state index in [-0.39, 0.29) is 24.3 Å². The number of rotatable bonds is 12. The van der Waals surface area contributed by atoms with E-state index in [1.165, 1.54) is 17.7 Å². The van der Waals surface area contributed by atoms with Gasteiger partial charge in [0.2, 0.25) is 0 Å². The van der Waals surface area contributed by atoms with Crippen LogP contribution in [0.2, 0.25) is 0 Å². The summed E-state index contributed by atoms with van der Waals surface area (Å²) in [6, 6.07) is 16.2. The van der Waals surface area contributed by atoms with E-state index in [0.29, 0.717) is 11.6 Å². The average molecular weight is 443 g/mol. The van der Waals surface area contributed by atoms with Gasteiger partial charge < -0.3 is 15.2 Å². The van der Waals surface area contributed by atoms with E-state index >= 15 is 0 Å². The fourth-order valence-corrected chi connectivity index (χ4v) is 4.03. The molecule has 6 nitrogen and oxygen atoms in total. The van der Waals surface area contributed by atoms with Crippen molar-refractivity contribution in [3.63, 3.8) is 0 Å². The first-order valence-electron chi connectivity index (χ1n) is 10.3. The van der Waals surface area contributed by atoms with E-state index < -0.39 is 16.9 Å². The Hall–Kier alpha value is -2.61. The topological polar surface area (TPSA) is 84.6 Å². The second kappa shape index (κ2) is 12.3. The number of ether oxygens (including phenoxy) is 1. The quantitative estimate of drug-likeness (QED) is 0.219. The van der Waals surface area contributed by atoms with Gasteiger partial charge in [-0.25, -0.2) is 0 Å². The first kappa shape index (κ1) is 24.7. The van der Waals surface area contributed by atoms with Crippen molar-refractivity contribution in [1.82, 2.24) is 5.32 Å². The van der Waals surface area contributed by atoms with E-state index in [1.54, 1.807) is 25.1 Å². The van der Waals surface area contributed by atoms with Gasteiger partial charge in [0, 0.05) is 24.7 Å². The molecule has 0 heterocycles. The number of nitro groups is 1. The van der Waals surface area contributed by atoms with Crippen molar-refractivity contribution < 1.29 is 14.8 Å². The molecule has 7 heteroatoms. The molecule has 4 unspecified atom stereocenters. The van der Waals surface area contributed by atoms with E-state index in [9.17, 15) is 15.2 Å². The molecule has 0 spiro atoms. The van der Waals surface area contributed by atoms with E-state index in [4.69, 9.17) is 17.0 Å². The number of hydrogen-bond acceptors (Lipinski definition) is 6. The number of nitro benzene ring substituents is 1. The van der Waals surface area contributed by atoms with Crippen LogP contribution in [-0.2, 0) is 17.8 Å². The first-order valence-corrected chi connectivity index (χ1v) is 10.7. The number of aliphatic hydroxyl groups excluding tert-OH is 1. The molecule has 2 aromatic carbocycles. The zero-order chi connectivity index (χ0) is 22.8. The highest BCUT2D eigenvalue weighted by atomic mass is 32.1. The van der Waals surface area contributed by atoms with Gasteiger partial charge in [-0.3, -0.25) is 10.1 Å². The lowest BCUT2D eigenvalue weighted by Crippen LogP contribution is -2.49. The van der Waals surface area contributed by atoms with Crippen LogP contribution in [0.15, 0.2) is 67.3 Å². The van der Waals surface area contributed by atoms with Crippen LogP contribution < -0.4 is 5.32 Å². The minimum atomic E-state index is -0.718.